The van der Waals surface area contributed by atoms with Crippen LogP contribution in [-0.4, -0.2) is 67.3 Å². The van der Waals surface area contributed by atoms with Crippen LogP contribution in [0.1, 0.15) is 17.7 Å². The van der Waals surface area contributed by atoms with Crippen molar-refractivity contribution in [1.29, 1.82) is 0 Å². The Hall–Kier alpha value is -3.65. The van der Waals surface area contributed by atoms with Crippen LogP contribution in [0.2, 0.25) is 0 Å². The quantitative estimate of drug-likeness (QED) is 0.202. The van der Waals surface area contributed by atoms with Crippen LogP contribution in [0.3, 0.4) is 0 Å². The van der Waals surface area contributed by atoms with Crippen LogP contribution in [0.15, 0.2) is 40.9 Å². The highest BCUT2D eigenvalue weighted by Crippen LogP contribution is 2.51. The first-order valence-corrected chi connectivity index (χ1v) is 12.4. The highest BCUT2D eigenvalue weighted by molar-refractivity contribution is 8.00. The van der Waals surface area contributed by atoms with Crippen LogP contribution < -0.4 is 11.1 Å². The number of nitrogens with one attached hydrogen (secondary N) is 1. The van der Waals surface area contributed by atoms with Crippen LogP contribution in [0.5, 0.6) is 0 Å². The lowest BCUT2D eigenvalue weighted by atomic mass is 9.89. The van der Waals surface area contributed by atoms with Gasteiger partial charge in [0.05, 0.1) is 6.42 Å². The summed E-state index contributed by atoms with van der Waals surface area (Å²) >= 11 is 2.39. The molecule has 14 heteroatoms. The molecule has 35 heavy (non-hydrogen) atoms. The molecule has 2 amide bonds. The number of carboxylic acid groups (broad SMARTS) is 1. The molecular weight excluding hydrogens is 498 g/mol. The third-order valence-corrected chi connectivity index (χ3v) is 8.00. The number of carbonyl (C=O) groups excluding carboxylic acids is 3. The van der Waals surface area contributed by atoms with Gasteiger partial charge in [-0.3, -0.25) is 19.3 Å². The number of oxime groups is 1. The second-order valence-corrected chi connectivity index (χ2v) is 10.1. The monoisotopic (exact) mass is 517 g/mol. The summed E-state index contributed by atoms with van der Waals surface area (Å²) in [5.41, 5.74) is 4.48. The summed E-state index contributed by atoms with van der Waals surface area (Å²) in [4.78, 5) is 60.5. The van der Waals surface area contributed by atoms with Gasteiger partial charge >= 0.3 is 11.9 Å². The maximum atomic E-state index is 13.1. The number of anilines is 1. The van der Waals surface area contributed by atoms with Gasteiger partial charge in [-0.05, 0) is 5.56 Å². The Labute approximate surface area is 206 Å². The number of nitrogen functional groups attached to an aromatic ring is 1. The van der Waals surface area contributed by atoms with Gasteiger partial charge in [0.25, 0.3) is 17.5 Å². The molecule has 4 atom stereocenters. The summed E-state index contributed by atoms with van der Waals surface area (Å²) in [5, 5.41) is 17.4. The number of ether oxygens (including phenoxy) is 1. The van der Waals surface area contributed by atoms with Crippen molar-refractivity contribution in [2.75, 3.05) is 11.5 Å². The fourth-order valence-corrected chi connectivity index (χ4v) is 6.38. The van der Waals surface area contributed by atoms with Crippen molar-refractivity contribution in [3.63, 3.8) is 0 Å². The predicted octanol–water partition coefficient (Wildman–Crippen LogP) is 0.390. The molecule has 4 N–H and O–H groups in total. The van der Waals surface area contributed by atoms with Crippen molar-refractivity contribution in [2.24, 2.45) is 11.1 Å². The second-order valence-electron chi connectivity index (χ2n) is 8.03. The summed E-state index contributed by atoms with van der Waals surface area (Å²) in [6, 6.07) is 8.15. The number of aromatic nitrogens is 1. The standard InChI is InChI=1S/C21H19N5O7S2/c22-20-23-12(9-35-20)14(25-32-7-10-4-2-1-3-5-10)16(28)24-15-17(29)26-18(15)34-8-11-6-13(27)33-21(11,26)19(30)31/h1-5,9,11,15,18H,6-8H2,(H2,22,23)(H,24,28)(H,30,31)/b25-14-/t11-,15+,18+,21+/m0/s1. The van der Waals surface area contributed by atoms with E-state index in [1.807, 2.05) is 30.3 Å². The van der Waals surface area contributed by atoms with E-state index in [1.165, 1.54) is 17.1 Å². The van der Waals surface area contributed by atoms with E-state index in [0.717, 1.165) is 21.8 Å². The van der Waals surface area contributed by atoms with Crippen molar-refractivity contribution in [2.45, 2.75) is 30.2 Å². The van der Waals surface area contributed by atoms with Crippen LogP contribution in [0, 0.1) is 5.92 Å². The molecular formula is C21H19N5O7S2. The van der Waals surface area contributed by atoms with E-state index < -0.39 is 46.8 Å². The third kappa shape index (κ3) is 3.87. The normalized spacial score (nSPS) is 27.4. The summed E-state index contributed by atoms with van der Waals surface area (Å²) in [6.07, 6.45) is -0.0897. The summed E-state index contributed by atoms with van der Waals surface area (Å²) in [7, 11) is 0. The Bertz CT molecular complexity index is 1240. The summed E-state index contributed by atoms with van der Waals surface area (Å²) in [5.74, 6) is -3.88. The van der Waals surface area contributed by atoms with Crippen molar-refractivity contribution < 1.29 is 33.9 Å². The van der Waals surface area contributed by atoms with Gasteiger partial charge in [-0.15, -0.1) is 23.1 Å². The SMILES string of the molecule is Nc1nc(/C(=N/OCc2ccccc2)C(=O)N[C@@H]2C(=O)N3[C@@H]2SC[C@@H]2CC(=O)O[C@@]23C(=O)O)cs1. The minimum atomic E-state index is -2.05. The number of hydrogen-bond donors (Lipinski definition) is 3. The highest BCUT2D eigenvalue weighted by Gasteiger charge is 2.71. The molecule has 1 aromatic heterocycles. The number of esters is 1. The lowest BCUT2D eigenvalue weighted by molar-refractivity contribution is -0.215. The molecule has 1 aromatic carbocycles. The second kappa shape index (κ2) is 8.85. The number of amides is 2. The lowest BCUT2D eigenvalue weighted by Crippen LogP contribution is -2.80. The molecule has 0 aliphatic carbocycles. The molecule has 0 spiro atoms. The number of aliphatic carboxylic acids is 1. The molecule has 0 radical (unpaired) electrons. The van der Waals surface area contributed by atoms with E-state index in [4.69, 9.17) is 15.3 Å². The van der Waals surface area contributed by atoms with Gasteiger partial charge in [0.1, 0.15) is 23.7 Å². The van der Waals surface area contributed by atoms with Crippen LogP contribution in [-0.2, 0) is 35.4 Å². The average molecular weight is 518 g/mol. The zero-order chi connectivity index (χ0) is 24.7. The Balaban J connectivity index is 1.34. The molecule has 3 aliphatic heterocycles. The van der Waals surface area contributed by atoms with Crippen molar-refractivity contribution in [3.05, 3.63) is 47.0 Å². The smallest absolute Gasteiger partial charge is 0.370 e. The Morgan fingerprint density at radius 1 is 1.34 bits per heavy atom. The van der Waals surface area contributed by atoms with Crippen LogP contribution >= 0.6 is 23.1 Å². The zero-order valence-electron chi connectivity index (χ0n) is 17.9. The highest BCUT2D eigenvalue weighted by atomic mass is 32.2. The number of thioether (sulfide) groups is 1. The lowest BCUT2D eigenvalue weighted by Gasteiger charge is -2.56. The van der Waals surface area contributed by atoms with Crippen molar-refractivity contribution >= 4 is 57.7 Å². The largest absolute Gasteiger partial charge is 0.477 e. The average Bonchev–Trinajstić information content (AvgIpc) is 3.42. The van der Waals surface area contributed by atoms with Crippen LogP contribution in [0.25, 0.3) is 0 Å². The number of benzene rings is 1. The van der Waals surface area contributed by atoms with Gasteiger partial charge in [-0.2, -0.15) is 0 Å². The van der Waals surface area contributed by atoms with Gasteiger partial charge < -0.3 is 25.7 Å². The maximum Gasteiger partial charge on any atom is 0.370 e. The number of nitrogens with zero attached hydrogens (tertiary/aromatic N) is 3. The Morgan fingerprint density at radius 2 is 2.11 bits per heavy atom. The van der Waals surface area contributed by atoms with Gasteiger partial charge in [0, 0.05) is 17.1 Å². The van der Waals surface area contributed by atoms with Gasteiger partial charge in [0.2, 0.25) is 0 Å². The first kappa shape index (κ1) is 23.1. The molecule has 2 aromatic rings. The molecule has 182 valence electrons. The Kier molecular flexibility index (Phi) is 5.84. The van der Waals surface area contributed by atoms with Gasteiger partial charge in [-0.25, -0.2) is 9.78 Å². The molecule has 12 nitrogen and oxygen atoms in total. The fraction of sp³-hybridized carbons (Fsp3) is 0.333. The molecule has 4 heterocycles. The first-order chi connectivity index (χ1) is 16.8. The summed E-state index contributed by atoms with van der Waals surface area (Å²) < 4.78 is 5.16. The number of carbonyl (C=O) groups is 4. The number of β-lactam (4-membered cyclic amide) rings is 1. The van der Waals surface area contributed by atoms with E-state index in [2.05, 4.69) is 15.5 Å². The van der Waals surface area contributed by atoms with Crippen molar-refractivity contribution in [3.8, 4) is 0 Å². The van der Waals surface area contributed by atoms with Gasteiger partial charge in [-0.1, -0.05) is 35.5 Å². The number of carboxylic acids is 1. The van der Waals surface area contributed by atoms with E-state index in [9.17, 15) is 24.3 Å². The molecule has 3 aliphatic rings. The Morgan fingerprint density at radius 3 is 2.80 bits per heavy atom. The molecule has 0 saturated carbocycles. The number of fused-ring (bicyclic) bond motifs is 3. The van der Waals surface area contributed by atoms with E-state index >= 15 is 0 Å². The number of hydrogen-bond acceptors (Lipinski definition) is 11. The molecule has 0 unspecified atom stereocenters. The minimum Gasteiger partial charge on any atom is -0.477 e. The minimum absolute atomic E-state index is 0.0897. The van der Waals surface area contributed by atoms with E-state index in [-0.39, 0.29) is 35.3 Å². The third-order valence-electron chi connectivity index (χ3n) is 5.91. The van der Waals surface area contributed by atoms with Crippen molar-refractivity contribution in [1.82, 2.24) is 15.2 Å². The number of rotatable bonds is 7. The topological polar surface area (TPSA) is 174 Å². The maximum absolute atomic E-state index is 13.1. The molecule has 3 saturated heterocycles. The molecule has 3 fully saturated rings. The van der Waals surface area contributed by atoms with Gasteiger partial charge in [0.15, 0.2) is 10.8 Å². The summed E-state index contributed by atoms with van der Waals surface area (Å²) in [6.45, 7) is 0.0970. The fourth-order valence-electron chi connectivity index (χ4n) is 4.27. The number of thiazole rings is 1. The molecule has 0 bridgehead atoms. The van der Waals surface area contributed by atoms with Crippen LogP contribution in [0.4, 0.5) is 5.13 Å². The van der Waals surface area contributed by atoms with E-state index in [1.54, 1.807) is 0 Å². The first-order valence-electron chi connectivity index (χ1n) is 10.5. The zero-order valence-corrected chi connectivity index (χ0v) is 19.6. The molecule has 5 rings (SSSR count). The predicted molar refractivity (Wildman–Crippen MR) is 124 cm³/mol. The number of nitrogens with two attached hydrogens (primary N) is 1. The van der Waals surface area contributed by atoms with E-state index in [0.29, 0.717) is 0 Å².